The molecule has 0 aliphatic carbocycles. The lowest BCUT2D eigenvalue weighted by Crippen LogP contribution is -2.23. The Labute approximate surface area is 164 Å². The molecule has 0 saturated carbocycles. The minimum atomic E-state index is -3.97. The highest BCUT2D eigenvalue weighted by Crippen LogP contribution is 2.23. The van der Waals surface area contributed by atoms with Crippen LogP contribution in [0.5, 0.6) is 0 Å². The van der Waals surface area contributed by atoms with Crippen LogP contribution in [0.1, 0.15) is 15.9 Å². The number of amides is 1. The third-order valence-electron chi connectivity index (χ3n) is 3.62. The smallest absolute Gasteiger partial charge is 0.261 e. The second-order valence-electron chi connectivity index (χ2n) is 5.57. The Morgan fingerprint density at radius 1 is 1.11 bits per heavy atom. The van der Waals surface area contributed by atoms with Crippen LogP contribution >= 0.6 is 22.9 Å². The fourth-order valence-electron chi connectivity index (χ4n) is 2.25. The van der Waals surface area contributed by atoms with Crippen LogP contribution in [0.2, 0.25) is 5.02 Å². The molecule has 3 rings (SSSR count). The average Bonchev–Trinajstić information content (AvgIpc) is 3.15. The van der Waals surface area contributed by atoms with Gasteiger partial charge in [-0.1, -0.05) is 11.6 Å². The number of carbonyl (C=O) groups is 1. The first kappa shape index (κ1) is 19.3. The molecule has 0 atom stereocenters. The van der Waals surface area contributed by atoms with Gasteiger partial charge in [-0.2, -0.15) is 11.3 Å². The molecule has 5 nitrogen and oxygen atoms in total. The first-order valence-corrected chi connectivity index (χ1v) is 10.5. The standard InChI is InChI=1S/C18H14ClFN2O3S2/c19-17-6-5-15(27(24,25)22-14-3-1-13(20)2-4-14)9-16(17)18(23)21-10-12-7-8-26-11-12/h1-9,11,22H,10H2,(H,21,23). The van der Waals surface area contributed by atoms with Crippen molar-refractivity contribution in [2.75, 3.05) is 4.72 Å². The molecule has 1 heterocycles. The van der Waals surface area contributed by atoms with Gasteiger partial charge in [-0.15, -0.1) is 0 Å². The van der Waals surface area contributed by atoms with Crippen molar-refractivity contribution in [3.63, 3.8) is 0 Å². The van der Waals surface area contributed by atoms with Gasteiger partial charge in [0.25, 0.3) is 15.9 Å². The number of hydrogen-bond donors (Lipinski definition) is 2. The van der Waals surface area contributed by atoms with E-state index in [9.17, 15) is 17.6 Å². The first-order chi connectivity index (χ1) is 12.8. The Hall–Kier alpha value is -2.42. The van der Waals surface area contributed by atoms with Crippen molar-refractivity contribution < 1.29 is 17.6 Å². The summed E-state index contributed by atoms with van der Waals surface area (Å²) in [6.45, 7) is 0.309. The van der Waals surface area contributed by atoms with Crippen molar-refractivity contribution in [1.82, 2.24) is 5.32 Å². The number of rotatable bonds is 6. The highest BCUT2D eigenvalue weighted by Gasteiger charge is 2.19. The predicted molar refractivity (Wildman–Crippen MR) is 104 cm³/mol. The van der Waals surface area contributed by atoms with E-state index < -0.39 is 21.7 Å². The van der Waals surface area contributed by atoms with Crippen molar-refractivity contribution in [3.8, 4) is 0 Å². The quantitative estimate of drug-likeness (QED) is 0.620. The zero-order chi connectivity index (χ0) is 19.4. The van der Waals surface area contributed by atoms with Gasteiger partial charge in [0.05, 0.1) is 15.5 Å². The third kappa shape index (κ3) is 4.85. The van der Waals surface area contributed by atoms with Crippen molar-refractivity contribution in [2.45, 2.75) is 11.4 Å². The van der Waals surface area contributed by atoms with E-state index in [1.165, 1.54) is 41.7 Å². The summed E-state index contributed by atoms with van der Waals surface area (Å²) in [5.41, 5.74) is 1.19. The number of nitrogens with one attached hydrogen (secondary N) is 2. The minimum Gasteiger partial charge on any atom is -0.348 e. The summed E-state index contributed by atoms with van der Waals surface area (Å²) in [4.78, 5) is 12.3. The SMILES string of the molecule is O=C(NCc1ccsc1)c1cc(S(=O)(=O)Nc2ccc(F)cc2)ccc1Cl. The molecule has 0 spiro atoms. The lowest BCUT2D eigenvalue weighted by molar-refractivity contribution is 0.0951. The number of sulfonamides is 1. The topological polar surface area (TPSA) is 75.3 Å². The van der Waals surface area contributed by atoms with E-state index in [-0.39, 0.29) is 21.2 Å². The number of hydrogen-bond acceptors (Lipinski definition) is 4. The van der Waals surface area contributed by atoms with Crippen LogP contribution in [0, 0.1) is 5.82 Å². The van der Waals surface area contributed by atoms with Crippen LogP contribution in [0.15, 0.2) is 64.2 Å². The number of halogens is 2. The highest BCUT2D eigenvalue weighted by atomic mass is 35.5. The van der Waals surface area contributed by atoms with Gasteiger partial charge in [0.1, 0.15) is 5.82 Å². The maximum Gasteiger partial charge on any atom is 0.261 e. The Kier molecular flexibility index (Phi) is 5.79. The minimum absolute atomic E-state index is 0.0499. The fraction of sp³-hybridized carbons (Fsp3) is 0.0556. The second kappa shape index (κ2) is 8.08. The van der Waals surface area contributed by atoms with Crippen LogP contribution in [0.25, 0.3) is 0 Å². The maximum atomic E-state index is 13.0. The lowest BCUT2D eigenvalue weighted by Gasteiger charge is -2.11. The van der Waals surface area contributed by atoms with Crippen LogP contribution in [-0.4, -0.2) is 14.3 Å². The molecule has 0 aliphatic rings. The van der Waals surface area contributed by atoms with Crippen LogP contribution in [-0.2, 0) is 16.6 Å². The molecule has 2 aromatic carbocycles. The monoisotopic (exact) mass is 424 g/mol. The molecule has 2 N–H and O–H groups in total. The third-order valence-corrected chi connectivity index (χ3v) is 6.06. The molecule has 1 amide bonds. The first-order valence-electron chi connectivity index (χ1n) is 7.72. The summed E-state index contributed by atoms with van der Waals surface area (Å²) in [6.07, 6.45) is 0. The van der Waals surface area contributed by atoms with E-state index in [0.29, 0.717) is 6.54 Å². The molecule has 0 fully saturated rings. The Morgan fingerprint density at radius 2 is 1.85 bits per heavy atom. The van der Waals surface area contributed by atoms with Crippen molar-refractivity contribution >= 4 is 44.6 Å². The number of carbonyl (C=O) groups excluding carboxylic acids is 1. The fourth-order valence-corrected chi connectivity index (χ4v) is 4.20. The number of thiophene rings is 1. The van der Waals surface area contributed by atoms with Crippen molar-refractivity contribution in [2.24, 2.45) is 0 Å². The van der Waals surface area contributed by atoms with E-state index in [1.54, 1.807) is 0 Å². The average molecular weight is 425 g/mol. The normalized spacial score (nSPS) is 11.2. The van der Waals surface area contributed by atoms with Gasteiger partial charge in [-0.25, -0.2) is 12.8 Å². The molecule has 0 unspecified atom stereocenters. The van der Waals surface area contributed by atoms with Gasteiger partial charge >= 0.3 is 0 Å². The van der Waals surface area contributed by atoms with Crippen LogP contribution in [0.4, 0.5) is 10.1 Å². The Bertz CT molecular complexity index is 1050. The molecule has 0 aliphatic heterocycles. The van der Waals surface area contributed by atoms with Crippen LogP contribution in [0.3, 0.4) is 0 Å². The van der Waals surface area contributed by atoms with E-state index in [1.807, 2.05) is 16.8 Å². The van der Waals surface area contributed by atoms with E-state index in [2.05, 4.69) is 10.0 Å². The Morgan fingerprint density at radius 3 is 2.52 bits per heavy atom. The summed E-state index contributed by atoms with van der Waals surface area (Å²) in [6, 6.07) is 10.6. The summed E-state index contributed by atoms with van der Waals surface area (Å²) >= 11 is 7.57. The molecule has 3 aromatic rings. The van der Waals surface area contributed by atoms with Gasteiger partial charge in [0, 0.05) is 12.2 Å². The number of anilines is 1. The van der Waals surface area contributed by atoms with Gasteiger partial charge in [-0.05, 0) is 64.9 Å². The molecule has 0 radical (unpaired) electrons. The summed E-state index contributed by atoms with van der Waals surface area (Å²) in [7, 11) is -3.97. The van der Waals surface area contributed by atoms with E-state index in [0.717, 1.165) is 17.7 Å². The van der Waals surface area contributed by atoms with Gasteiger partial charge in [0.15, 0.2) is 0 Å². The molecule has 9 heteroatoms. The lowest BCUT2D eigenvalue weighted by atomic mass is 10.2. The highest BCUT2D eigenvalue weighted by molar-refractivity contribution is 7.92. The zero-order valence-electron chi connectivity index (χ0n) is 13.8. The molecule has 27 heavy (non-hydrogen) atoms. The summed E-state index contributed by atoms with van der Waals surface area (Å²) in [5.74, 6) is -0.959. The Balaban J connectivity index is 1.80. The van der Waals surface area contributed by atoms with E-state index in [4.69, 9.17) is 11.6 Å². The van der Waals surface area contributed by atoms with Gasteiger partial charge < -0.3 is 5.32 Å². The molecule has 140 valence electrons. The summed E-state index contributed by atoms with van der Waals surface area (Å²) < 4.78 is 40.4. The van der Waals surface area contributed by atoms with E-state index >= 15 is 0 Å². The molecular formula is C18H14ClFN2O3S2. The zero-order valence-corrected chi connectivity index (χ0v) is 16.2. The van der Waals surface area contributed by atoms with Crippen LogP contribution < -0.4 is 10.0 Å². The molecule has 1 aromatic heterocycles. The molecule has 0 saturated heterocycles. The van der Waals surface area contributed by atoms with Gasteiger partial charge in [0.2, 0.25) is 0 Å². The molecule has 0 bridgehead atoms. The van der Waals surface area contributed by atoms with Crippen molar-refractivity contribution in [3.05, 3.63) is 81.3 Å². The predicted octanol–water partition coefficient (Wildman–Crippen LogP) is 4.27. The largest absolute Gasteiger partial charge is 0.348 e. The summed E-state index contributed by atoms with van der Waals surface area (Å²) in [5, 5.41) is 6.63. The molecular weight excluding hydrogens is 411 g/mol. The maximum absolute atomic E-state index is 13.0. The van der Waals surface area contributed by atoms with Gasteiger partial charge in [-0.3, -0.25) is 9.52 Å². The van der Waals surface area contributed by atoms with Crippen molar-refractivity contribution in [1.29, 1.82) is 0 Å². The number of benzene rings is 2. The second-order valence-corrected chi connectivity index (χ2v) is 8.44.